The highest BCUT2D eigenvalue weighted by Crippen LogP contribution is 2.15. The molecular formula is C15H17FN4O2. The number of rotatable bonds is 5. The van der Waals surface area contributed by atoms with Crippen molar-refractivity contribution < 1.29 is 14.0 Å². The second-order valence-corrected chi connectivity index (χ2v) is 4.75. The maximum Gasteiger partial charge on any atom is 0.271 e. The van der Waals surface area contributed by atoms with E-state index in [9.17, 15) is 14.0 Å². The highest BCUT2D eigenvalue weighted by Gasteiger charge is 2.18. The maximum absolute atomic E-state index is 12.9. The van der Waals surface area contributed by atoms with E-state index in [4.69, 9.17) is 0 Å². The van der Waals surface area contributed by atoms with E-state index in [1.807, 2.05) is 6.92 Å². The lowest BCUT2D eigenvalue weighted by molar-refractivity contribution is 0.0945. The number of carbonyl (C=O) groups is 2. The topological polar surface area (TPSA) is 76.0 Å². The standard InChI is InChI=1S/C15H17FN4O2/c1-3-8-17-15(22)13-12(9-18-20(13)2)19-14(21)10-4-6-11(16)7-5-10/h4-7,9H,3,8H2,1-2H3,(H,17,22)(H,19,21). The fraction of sp³-hybridized carbons (Fsp3) is 0.267. The zero-order valence-electron chi connectivity index (χ0n) is 12.4. The number of amides is 2. The summed E-state index contributed by atoms with van der Waals surface area (Å²) in [5, 5.41) is 9.34. The summed E-state index contributed by atoms with van der Waals surface area (Å²) >= 11 is 0. The number of halogens is 1. The molecule has 6 nitrogen and oxygen atoms in total. The van der Waals surface area contributed by atoms with E-state index in [0.717, 1.165) is 6.42 Å². The molecule has 1 aromatic heterocycles. The van der Waals surface area contributed by atoms with Gasteiger partial charge < -0.3 is 10.6 Å². The molecular weight excluding hydrogens is 287 g/mol. The predicted molar refractivity (Wildman–Crippen MR) is 80.2 cm³/mol. The highest BCUT2D eigenvalue weighted by molar-refractivity contribution is 6.08. The average molecular weight is 304 g/mol. The van der Waals surface area contributed by atoms with E-state index in [1.54, 1.807) is 7.05 Å². The fourth-order valence-electron chi connectivity index (χ4n) is 1.92. The number of aromatic nitrogens is 2. The lowest BCUT2D eigenvalue weighted by Gasteiger charge is -2.08. The monoisotopic (exact) mass is 304 g/mol. The Morgan fingerprint density at radius 2 is 1.91 bits per heavy atom. The van der Waals surface area contributed by atoms with Gasteiger partial charge in [-0.3, -0.25) is 14.3 Å². The maximum atomic E-state index is 12.9. The zero-order valence-corrected chi connectivity index (χ0v) is 12.4. The Hall–Kier alpha value is -2.70. The smallest absolute Gasteiger partial charge is 0.271 e. The number of hydrogen-bond donors (Lipinski definition) is 2. The Kier molecular flexibility index (Phi) is 4.88. The third-order valence-corrected chi connectivity index (χ3v) is 3.04. The van der Waals surface area contributed by atoms with Gasteiger partial charge in [0.05, 0.1) is 11.9 Å². The molecule has 0 aliphatic rings. The van der Waals surface area contributed by atoms with Gasteiger partial charge in [0.15, 0.2) is 0 Å². The summed E-state index contributed by atoms with van der Waals surface area (Å²) in [6, 6.07) is 5.15. The summed E-state index contributed by atoms with van der Waals surface area (Å²) in [6.07, 6.45) is 2.21. The lowest BCUT2D eigenvalue weighted by Crippen LogP contribution is -2.27. The SMILES string of the molecule is CCCNC(=O)c1c(NC(=O)c2ccc(F)cc2)cnn1C. The molecule has 0 aliphatic carbocycles. The molecule has 22 heavy (non-hydrogen) atoms. The van der Waals surface area contributed by atoms with Gasteiger partial charge in [0.2, 0.25) is 0 Å². The first-order valence-electron chi connectivity index (χ1n) is 6.90. The molecule has 1 heterocycles. The minimum Gasteiger partial charge on any atom is -0.351 e. The quantitative estimate of drug-likeness (QED) is 0.886. The van der Waals surface area contributed by atoms with Gasteiger partial charge in [0.1, 0.15) is 11.5 Å². The summed E-state index contributed by atoms with van der Waals surface area (Å²) in [4.78, 5) is 24.2. The first-order chi connectivity index (χ1) is 10.5. The molecule has 7 heteroatoms. The zero-order chi connectivity index (χ0) is 16.1. The largest absolute Gasteiger partial charge is 0.351 e. The number of anilines is 1. The molecule has 2 rings (SSSR count). The molecule has 1 aromatic carbocycles. The van der Waals surface area contributed by atoms with Crippen LogP contribution in [-0.2, 0) is 7.05 Å². The van der Waals surface area contributed by atoms with Gasteiger partial charge >= 0.3 is 0 Å². The molecule has 0 bridgehead atoms. The Bertz CT molecular complexity index is 679. The van der Waals surface area contributed by atoms with E-state index >= 15 is 0 Å². The molecule has 2 N–H and O–H groups in total. The number of nitrogens with zero attached hydrogens (tertiary/aromatic N) is 2. The summed E-state index contributed by atoms with van der Waals surface area (Å²) in [5.74, 6) is -1.16. The van der Waals surface area contributed by atoms with E-state index in [2.05, 4.69) is 15.7 Å². The number of hydrogen-bond acceptors (Lipinski definition) is 3. The minimum absolute atomic E-state index is 0.268. The van der Waals surface area contributed by atoms with Gasteiger partial charge in [-0.15, -0.1) is 0 Å². The molecule has 116 valence electrons. The van der Waals surface area contributed by atoms with Crippen LogP contribution in [-0.4, -0.2) is 28.1 Å². The number of benzene rings is 1. The van der Waals surface area contributed by atoms with E-state index in [0.29, 0.717) is 17.8 Å². The van der Waals surface area contributed by atoms with Crippen LogP contribution >= 0.6 is 0 Å². The number of aryl methyl sites for hydroxylation is 1. The van der Waals surface area contributed by atoms with Crippen molar-refractivity contribution in [2.24, 2.45) is 7.05 Å². The molecule has 0 spiro atoms. The van der Waals surface area contributed by atoms with Crippen molar-refractivity contribution in [3.63, 3.8) is 0 Å². The van der Waals surface area contributed by atoms with E-state index in [1.165, 1.54) is 35.1 Å². The number of nitrogens with one attached hydrogen (secondary N) is 2. The Balaban J connectivity index is 2.17. The first kappa shape index (κ1) is 15.7. The van der Waals surface area contributed by atoms with Crippen molar-refractivity contribution in [2.75, 3.05) is 11.9 Å². The molecule has 0 saturated carbocycles. The van der Waals surface area contributed by atoms with Gasteiger partial charge in [-0.25, -0.2) is 4.39 Å². The van der Waals surface area contributed by atoms with Crippen molar-refractivity contribution in [1.82, 2.24) is 15.1 Å². The van der Waals surface area contributed by atoms with E-state index < -0.39 is 11.7 Å². The molecule has 0 radical (unpaired) electrons. The Labute approximate surface area is 127 Å². The van der Waals surface area contributed by atoms with Crippen LogP contribution in [0.25, 0.3) is 0 Å². The van der Waals surface area contributed by atoms with Gasteiger partial charge in [-0.2, -0.15) is 5.10 Å². The molecule has 0 unspecified atom stereocenters. The van der Waals surface area contributed by atoms with Crippen LogP contribution in [0, 0.1) is 5.82 Å². The molecule has 2 aromatic rings. The Morgan fingerprint density at radius 1 is 1.23 bits per heavy atom. The normalized spacial score (nSPS) is 10.3. The second-order valence-electron chi connectivity index (χ2n) is 4.75. The first-order valence-corrected chi connectivity index (χ1v) is 6.90. The minimum atomic E-state index is -0.433. The van der Waals surface area contributed by atoms with Gasteiger partial charge in [0.25, 0.3) is 11.8 Å². The predicted octanol–water partition coefficient (Wildman–Crippen LogP) is 1.95. The van der Waals surface area contributed by atoms with Crippen LogP contribution in [0.5, 0.6) is 0 Å². The fourth-order valence-corrected chi connectivity index (χ4v) is 1.92. The van der Waals surface area contributed by atoms with E-state index in [-0.39, 0.29) is 11.6 Å². The number of carbonyl (C=O) groups excluding carboxylic acids is 2. The third kappa shape index (κ3) is 3.49. The van der Waals surface area contributed by atoms with Crippen LogP contribution in [0.1, 0.15) is 34.2 Å². The van der Waals surface area contributed by atoms with Crippen LogP contribution < -0.4 is 10.6 Å². The van der Waals surface area contributed by atoms with Crippen molar-refractivity contribution >= 4 is 17.5 Å². The van der Waals surface area contributed by atoms with Crippen LogP contribution in [0.4, 0.5) is 10.1 Å². The van der Waals surface area contributed by atoms with Crippen molar-refractivity contribution in [3.8, 4) is 0 Å². The van der Waals surface area contributed by atoms with Gasteiger partial charge in [-0.1, -0.05) is 6.92 Å². The highest BCUT2D eigenvalue weighted by atomic mass is 19.1. The summed E-state index contributed by atoms with van der Waals surface area (Å²) in [6.45, 7) is 2.48. The molecule has 2 amide bonds. The molecule has 0 atom stereocenters. The van der Waals surface area contributed by atoms with Crippen molar-refractivity contribution in [2.45, 2.75) is 13.3 Å². The second kappa shape index (κ2) is 6.84. The Morgan fingerprint density at radius 3 is 2.55 bits per heavy atom. The van der Waals surface area contributed by atoms with Crippen LogP contribution in [0.2, 0.25) is 0 Å². The summed E-state index contributed by atoms with van der Waals surface area (Å²) < 4.78 is 14.3. The van der Waals surface area contributed by atoms with Gasteiger partial charge in [0, 0.05) is 19.2 Å². The van der Waals surface area contributed by atoms with Crippen LogP contribution in [0.3, 0.4) is 0 Å². The third-order valence-electron chi connectivity index (χ3n) is 3.04. The van der Waals surface area contributed by atoms with Crippen molar-refractivity contribution in [1.29, 1.82) is 0 Å². The van der Waals surface area contributed by atoms with Gasteiger partial charge in [-0.05, 0) is 30.7 Å². The summed E-state index contributed by atoms with van der Waals surface area (Å²) in [5.41, 5.74) is 0.875. The van der Waals surface area contributed by atoms with Crippen molar-refractivity contribution in [3.05, 3.63) is 47.5 Å². The van der Waals surface area contributed by atoms with Crippen LogP contribution in [0.15, 0.2) is 30.5 Å². The lowest BCUT2D eigenvalue weighted by atomic mass is 10.2. The molecule has 0 fully saturated rings. The molecule has 0 saturated heterocycles. The summed E-state index contributed by atoms with van der Waals surface area (Å²) in [7, 11) is 1.62. The average Bonchev–Trinajstić information content (AvgIpc) is 2.86. The molecule has 0 aliphatic heterocycles.